The summed E-state index contributed by atoms with van der Waals surface area (Å²) in [5.74, 6) is -1.77. The van der Waals surface area contributed by atoms with Crippen molar-refractivity contribution < 1.29 is 39.5 Å². The van der Waals surface area contributed by atoms with Gasteiger partial charge in [-0.25, -0.2) is 4.79 Å². The standard InChI is InChI=1S/C18H15P.C12H11NO4S.C5H5.NO.Re/c1-4-10-16(11-5-1)19(17-12-6-2-7-13-17)18-14-8-3-9-15-18;1-17-12(16)9(6-18)13-10(14)7-4-2-3-5-8(7)11(13)15;1-2-4-5-3-1;1-2;/h1-15H;2-5,9,18H,6H2,1H3;1-5H;;/q;;;-1;/p-1/t;9-;;;/m.0.../s1. The second kappa shape index (κ2) is 20.1. The Morgan fingerprint density at radius 2 is 1.04 bits per heavy atom. The van der Waals surface area contributed by atoms with Gasteiger partial charge in [0.25, 0.3) is 11.8 Å². The van der Waals surface area contributed by atoms with Crippen molar-refractivity contribution in [2.45, 2.75) is 6.04 Å². The van der Waals surface area contributed by atoms with Crippen LogP contribution in [0.25, 0.3) is 5.59 Å². The van der Waals surface area contributed by atoms with Gasteiger partial charge in [-0.05, 0) is 36.0 Å². The molecule has 0 aromatic heterocycles. The molecule has 2 aliphatic rings. The van der Waals surface area contributed by atoms with E-state index in [9.17, 15) is 14.4 Å². The number of hydrogen-bond donors (Lipinski definition) is 0. The van der Waals surface area contributed by atoms with Crippen LogP contribution in [0.4, 0.5) is 0 Å². The molecule has 2 radical (unpaired) electrons. The first-order valence-electron chi connectivity index (χ1n) is 13.5. The van der Waals surface area contributed by atoms with E-state index in [-0.39, 0.29) is 26.2 Å². The van der Waals surface area contributed by atoms with Crippen molar-refractivity contribution >= 4 is 54.2 Å². The van der Waals surface area contributed by atoms with Gasteiger partial charge < -0.3 is 27.9 Å². The van der Waals surface area contributed by atoms with Crippen molar-refractivity contribution in [3.63, 3.8) is 0 Å². The Balaban J connectivity index is 0.000000254. The normalized spacial score (nSPS) is 12.7. The number of benzene rings is 4. The van der Waals surface area contributed by atoms with Crippen LogP contribution >= 0.6 is 7.92 Å². The summed E-state index contributed by atoms with van der Waals surface area (Å²) in [5.41, 5.74) is 6.33. The van der Waals surface area contributed by atoms with Crippen LogP contribution in [-0.2, 0) is 42.6 Å². The van der Waals surface area contributed by atoms with Gasteiger partial charge in [-0.2, -0.15) is 0 Å². The molecule has 2 amide bonds. The number of esters is 1. The molecular weight excluding hydrogens is 778 g/mol. The largest absolute Gasteiger partial charge is 0.790 e. The fourth-order valence-electron chi connectivity index (χ4n) is 4.37. The van der Waals surface area contributed by atoms with Gasteiger partial charge in [0.2, 0.25) is 0 Å². The number of nitroso groups, excluding NO2 is 1. The van der Waals surface area contributed by atoms with Crippen molar-refractivity contribution in [2.75, 3.05) is 12.9 Å². The number of hydrogen-bond acceptors (Lipinski definition) is 6. The van der Waals surface area contributed by atoms with Crippen molar-refractivity contribution in [3.05, 3.63) is 168 Å². The van der Waals surface area contributed by atoms with Gasteiger partial charge in [-0.1, -0.05) is 127 Å². The van der Waals surface area contributed by atoms with E-state index in [0.29, 0.717) is 11.1 Å². The van der Waals surface area contributed by atoms with Crippen molar-refractivity contribution in [3.8, 4) is 0 Å². The zero-order valence-corrected chi connectivity index (χ0v) is 28.7. The molecule has 4 aromatic rings. The Morgan fingerprint density at radius 1 is 0.689 bits per heavy atom. The van der Waals surface area contributed by atoms with E-state index in [4.69, 9.17) is 23.1 Å². The summed E-state index contributed by atoms with van der Waals surface area (Å²) >= 11 is 4.82. The predicted molar refractivity (Wildman–Crippen MR) is 179 cm³/mol. The second-order valence-electron chi connectivity index (χ2n) is 9.04. The average Bonchev–Trinajstić information content (AvgIpc) is 3.76. The topological polar surface area (TPSA) is 103 Å². The smallest absolute Gasteiger partial charge is 0.327 e. The van der Waals surface area contributed by atoms with Gasteiger partial charge in [0.15, 0.2) is 0 Å². The maximum atomic E-state index is 12.1. The minimum absolute atomic E-state index is 0. The summed E-state index contributed by atoms with van der Waals surface area (Å²) in [7, 11) is 0.747. The van der Waals surface area contributed by atoms with Crippen LogP contribution in [0, 0.1) is 11.3 Å². The van der Waals surface area contributed by atoms with E-state index < -0.39 is 31.7 Å². The molecule has 1 heterocycles. The van der Waals surface area contributed by atoms with Gasteiger partial charge in [0, 0.05) is 26.8 Å². The summed E-state index contributed by atoms with van der Waals surface area (Å²) in [6.45, 7) is 0. The van der Waals surface area contributed by atoms with Crippen LogP contribution in [0.15, 0.2) is 140 Å². The maximum absolute atomic E-state index is 12.1. The Bertz CT molecular complexity index is 1430. The number of carbonyl (C=O) groups is 3. The van der Waals surface area contributed by atoms with Gasteiger partial charge >= 0.3 is 5.97 Å². The number of carbonyl (C=O) groups excluding carboxylic acids is 3. The molecule has 0 saturated heterocycles. The maximum Gasteiger partial charge on any atom is 0.327 e. The number of imide groups is 1. The molecule has 6 rings (SSSR count). The van der Waals surface area contributed by atoms with Crippen molar-refractivity contribution in [1.82, 2.24) is 4.90 Å². The van der Waals surface area contributed by atoms with E-state index in [2.05, 4.69) is 95.7 Å². The molecule has 7 nitrogen and oxygen atoms in total. The Hall–Kier alpha value is -3.99. The first-order chi connectivity index (χ1) is 21.6. The minimum atomic E-state index is -1.04. The monoisotopic (exact) mass is 808 g/mol. The summed E-state index contributed by atoms with van der Waals surface area (Å²) in [5, 5.41) is 4.19. The summed E-state index contributed by atoms with van der Waals surface area (Å²) in [6, 6.07) is 37.7. The van der Waals surface area contributed by atoms with Crippen LogP contribution in [0.5, 0.6) is 0 Å². The summed E-state index contributed by atoms with van der Waals surface area (Å²) in [6.07, 6.45) is 10.0. The molecule has 1 atom stereocenters. The molecule has 0 fully saturated rings. The van der Waals surface area contributed by atoms with Gasteiger partial charge in [-0.3, -0.25) is 14.5 Å². The zero-order valence-electron chi connectivity index (χ0n) is 24.3. The minimum Gasteiger partial charge on any atom is -0.790 e. The SMILES string of the molecule is COC(=O)[C@H](C[S-])N1C(=O)c2ccccc2C1=O.[CH]1C=CC=C1.[N-]=O.[Re].c1ccc(P(c2ccccc2)c2ccccc2)cc1. The number of nitrogens with zero attached hydrogens (tertiary/aromatic N) is 2. The van der Waals surface area contributed by atoms with E-state index >= 15 is 0 Å². The molecule has 10 heteroatoms. The van der Waals surface area contributed by atoms with E-state index in [1.165, 1.54) is 23.0 Å². The Labute approximate surface area is 284 Å². The van der Waals surface area contributed by atoms with Crippen molar-refractivity contribution in [2.24, 2.45) is 0 Å². The van der Waals surface area contributed by atoms with Gasteiger partial charge in [0.05, 0.1) is 18.2 Å². The van der Waals surface area contributed by atoms with Crippen LogP contribution in [0.2, 0.25) is 0 Å². The first kappa shape index (κ1) is 37.2. The molecule has 230 valence electrons. The molecule has 0 unspecified atom stereocenters. The summed E-state index contributed by atoms with van der Waals surface area (Å²) in [4.78, 5) is 43.8. The van der Waals surface area contributed by atoms with E-state index in [0.717, 1.165) is 4.90 Å². The third-order valence-corrected chi connectivity index (χ3v) is 9.13. The third-order valence-electron chi connectivity index (χ3n) is 6.37. The van der Waals surface area contributed by atoms with E-state index in [1.807, 2.05) is 30.7 Å². The molecular formula is C35H30N2O5PReS-2. The summed E-state index contributed by atoms with van der Waals surface area (Å²) < 4.78 is 4.56. The van der Waals surface area contributed by atoms with Crippen LogP contribution < -0.4 is 15.9 Å². The van der Waals surface area contributed by atoms with Crippen molar-refractivity contribution in [1.29, 1.82) is 0 Å². The molecule has 4 aromatic carbocycles. The number of allylic oxidation sites excluding steroid dienone is 4. The fourth-order valence-corrected chi connectivity index (χ4v) is 6.96. The predicted octanol–water partition coefficient (Wildman–Crippen LogP) is 5.45. The van der Waals surface area contributed by atoms with E-state index in [1.54, 1.807) is 24.3 Å². The average molecular weight is 808 g/mol. The zero-order chi connectivity index (χ0) is 31.7. The fraction of sp³-hybridized carbons (Fsp3) is 0.0857. The number of fused-ring (bicyclic) bond motifs is 1. The van der Waals surface area contributed by atoms with Gasteiger partial charge in [-0.15, -0.1) is 5.75 Å². The molecule has 0 bridgehead atoms. The van der Waals surface area contributed by atoms with Crippen LogP contribution in [0.3, 0.4) is 0 Å². The quantitative estimate of drug-likeness (QED) is 0.111. The number of methoxy groups -OCH3 is 1. The van der Waals surface area contributed by atoms with Crippen LogP contribution in [0.1, 0.15) is 20.7 Å². The number of amides is 2. The third kappa shape index (κ3) is 10.0. The second-order valence-corrected chi connectivity index (χ2v) is 11.6. The Morgan fingerprint density at radius 3 is 1.33 bits per heavy atom. The molecule has 1 aliphatic heterocycles. The van der Waals surface area contributed by atoms with Gasteiger partial charge in [0.1, 0.15) is 6.04 Å². The molecule has 0 saturated carbocycles. The molecule has 0 spiro atoms. The number of rotatable bonds is 6. The molecule has 0 N–H and O–H groups in total. The first-order valence-corrected chi connectivity index (χ1v) is 15.4. The van der Waals surface area contributed by atoms with Crippen LogP contribution in [-0.4, -0.2) is 41.6 Å². The number of ether oxygens (including phenoxy) is 1. The molecule has 1 aliphatic carbocycles. The Kier molecular flexibility index (Phi) is 16.6. The molecule has 45 heavy (non-hydrogen) atoms.